The van der Waals surface area contributed by atoms with Gasteiger partial charge in [0.25, 0.3) is 5.91 Å². The molecule has 4 rings (SSSR count). The maximum absolute atomic E-state index is 13.0. The summed E-state index contributed by atoms with van der Waals surface area (Å²) in [5, 5.41) is 8.69. The third kappa shape index (κ3) is 3.49. The van der Waals surface area contributed by atoms with E-state index in [0.717, 1.165) is 29.9 Å². The Bertz CT molecular complexity index is 963. The van der Waals surface area contributed by atoms with Gasteiger partial charge in [-0.25, -0.2) is 0 Å². The van der Waals surface area contributed by atoms with Crippen LogP contribution >= 0.6 is 11.6 Å². The van der Waals surface area contributed by atoms with Crippen molar-refractivity contribution in [2.75, 3.05) is 6.54 Å². The van der Waals surface area contributed by atoms with Crippen molar-refractivity contribution in [1.29, 1.82) is 0 Å². The summed E-state index contributed by atoms with van der Waals surface area (Å²) in [6, 6.07) is 10.7. The molecule has 1 atom stereocenters. The first-order valence-corrected chi connectivity index (χ1v) is 9.41. The quantitative estimate of drug-likeness (QED) is 0.625. The third-order valence-corrected chi connectivity index (χ3v) is 5.05. The maximum atomic E-state index is 13.0. The predicted molar refractivity (Wildman–Crippen MR) is 101 cm³/mol. The minimum Gasteiger partial charge on any atom is -0.359 e. The number of aromatic nitrogens is 2. The Morgan fingerprint density at radius 1 is 1.22 bits per heavy atom. The molecule has 1 fully saturated rings. The van der Waals surface area contributed by atoms with Crippen molar-refractivity contribution in [2.24, 2.45) is 0 Å². The largest absolute Gasteiger partial charge is 0.359 e. The Labute approximate surface area is 162 Å². The van der Waals surface area contributed by atoms with Crippen molar-refractivity contribution < 1.29 is 13.8 Å². The summed E-state index contributed by atoms with van der Waals surface area (Å²) >= 11 is 6.03. The third-order valence-electron chi connectivity index (χ3n) is 4.82. The lowest BCUT2D eigenvalue weighted by atomic mass is 10.1. The van der Waals surface area contributed by atoms with Crippen LogP contribution in [0.4, 0.5) is 0 Å². The molecule has 3 aromatic rings. The van der Waals surface area contributed by atoms with Crippen LogP contribution < -0.4 is 0 Å². The second-order valence-electron chi connectivity index (χ2n) is 7.05. The number of hydrogen-bond donors (Lipinski definition) is 0. The van der Waals surface area contributed by atoms with E-state index in [4.69, 9.17) is 20.6 Å². The lowest BCUT2D eigenvalue weighted by molar-refractivity contribution is 0.0704. The second-order valence-corrected chi connectivity index (χ2v) is 7.49. The average molecular weight is 386 g/mol. The molecule has 0 spiro atoms. The van der Waals surface area contributed by atoms with E-state index < -0.39 is 0 Å². The van der Waals surface area contributed by atoms with Crippen LogP contribution in [0.3, 0.4) is 0 Å². The van der Waals surface area contributed by atoms with Crippen molar-refractivity contribution in [3.63, 3.8) is 0 Å². The normalized spacial score (nSPS) is 17.0. The number of carbonyl (C=O) groups excluding carboxylic acids is 1. The minimum absolute atomic E-state index is 0.121. The van der Waals surface area contributed by atoms with E-state index in [1.807, 2.05) is 18.2 Å². The number of carbonyl (C=O) groups is 1. The van der Waals surface area contributed by atoms with Crippen molar-refractivity contribution in [1.82, 2.24) is 15.2 Å². The number of likely N-dealkylation sites (tertiary alicyclic amines) is 1. The first kappa shape index (κ1) is 17.8. The van der Waals surface area contributed by atoms with Gasteiger partial charge < -0.3 is 13.9 Å². The van der Waals surface area contributed by atoms with Gasteiger partial charge in [-0.15, -0.1) is 0 Å². The highest BCUT2D eigenvalue weighted by Gasteiger charge is 2.34. The smallest absolute Gasteiger partial charge is 0.276 e. The van der Waals surface area contributed by atoms with Gasteiger partial charge in [0.15, 0.2) is 17.2 Å². The summed E-state index contributed by atoms with van der Waals surface area (Å²) in [5.41, 5.74) is 1.96. The number of rotatable bonds is 4. The number of benzene rings is 1. The Hall–Kier alpha value is -2.60. The Balaban J connectivity index is 1.56. The molecular formula is C20H20ClN3O3. The van der Waals surface area contributed by atoms with Crippen LogP contribution in [0.2, 0.25) is 5.02 Å². The number of halogens is 1. The minimum atomic E-state index is -0.169. The van der Waals surface area contributed by atoms with Crippen LogP contribution in [0.5, 0.6) is 0 Å². The zero-order valence-corrected chi connectivity index (χ0v) is 15.9. The Morgan fingerprint density at radius 3 is 2.81 bits per heavy atom. The zero-order chi connectivity index (χ0) is 19.0. The van der Waals surface area contributed by atoms with E-state index in [1.165, 1.54) is 0 Å². The number of hydrogen-bond acceptors (Lipinski definition) is 5. The SMILES string of the molecule is CC(C)c1cc(C2CCCN2C(=O)c2cc(-c3cccc(Cl)c3)on2)on1. The first-order valence-electron chi connectivity index (χ1n) is 9.03. The molecule has 1 amide bonds. The van der Waals surface area contributed by atoms with Gasteiger partial charge in [0, 0.05) is 29.3 Å². The molecule has 0 saturated carbocycles. The highest BCUT2D eigenvalue weighted by atomic mass is 35.5. The molecule has 0 N–H and O–H groups in total. The molecule has 140 valence electrons. The van der Waals surface area contributed by atoms with Crippen LogP contribution in [-0.2, 0) is 0 Å². The van der Waals surface area contributed by atoms with Gasteiger partial charge in [-0.05, 0) is 30.9 Å². The highest BCUT2D eigenvalue weighted by Crippen LogP contribution is 2.34. The first-order chi connectivity index (χ1) is 13.0. The topological polar surface area (TPSA) is 72.4 Å². The zero-order valence-electron chi connectivity index (χ0n) is 15.2. The van der Waals surface area contributed by atoms with E-state index in [9.17, 15) is 4.79 Å². The molecule has 1 unspecified atom stereocenters. The van der Waals surface area contributed by atoms with Gasteiger partial charge in [-0.1, -0.05) is 47.9 Å². The molecule has 7 heteroatoms. The molecule has 1 aromatic carbocycles. The van der Waals surface area contributed by atoms with E-state index in [0.29, 0.717) is 17.3 Å². The molecule has 0 radical (unpaired) electrons. The van der Waals surface area contributed by atoms with E-state index in [-0.39, 0.29) is 23.6 Å². The van der Waals surface area contributed by atoms with Gasteiger partial charge in [0.2, 0.25) is 0 Å². The fourth-order valence-electron chi connectivity index (χ4n) is 3.34. The second kappa shape index (κ2) is 7.19. The van der Waals surface area contributed by atoms with Gasteiger partial charge in [-0.3, -0.25) is 4.79 Å². The van der Waals surface area contributed by atoms with Crippen molar-refractivity contribution in [2.45, 2.75) is 38.6 Å². The fraction of sp³-hybridized carbons (Fsp3) is 0.350. The monoisotopic (exact) mass is 385 g/mol. The lowest BCUT2D eigenvalue weighted by Gasteiger charge is -2.21. The molecule has 3 heterocycles. The molecule has 1 saturated heterocycles. The molecule has 6 nitrogen and oxygen atoms in total. The summed E-state index contributed by atoms with van der Waals surface area (Å²) in [6.07, 6.45) is 1.75. The summed E-state index contributed by atoms with van der Waals surface area (Å²) in [7, 11) is 0. The molecule has 0 aliphatic carbocycles. The van der Waals surface area contributed by atoms with Crippen LogP contribution in [0, 0.1) is 0 Å². The van der Waals surface area contributed by atoms with E-state index in [1.54, 1.807) is 23.1 Å². The molecule has 1 aliphatic rings. The molecule has 1 aliphatic heterocycles. The van der Waals surface area contributed by atoms with Crippen LogP contribution in [-0.4, -0.2) is 27.7 Å². The van der Waals surface area contributed by atoms with E-state index >= 15 is 0 Å². The Kier molecular flexibility index (Phi) is 4.74. The number of amides is 1. The van der Waals surface area contributed by atoms with Gasteiger partial charge in [0.05, 0.1) is 11.7 Å². The van der Waals surface area contributed by atoms with Crippen LogP contribution in [0.1, 0.15) is 60.6 Å². The lowest BCUT2D eigenvalue weighted by Crippen LogP contribution is -2.30. The van der Waals surface area contributed by atoms with Crippen molar-refractivity contribution in [3.8, 4) is 11.3 Å². The predicted octanol–water partition coefficient (Wildman–Crippen LogP) is 5.08. The fourth-order valence-corrected chi connectivity index (χ4v) is 3.53. The number of nitrogens with zero attached hydrogens (tertiary/aromatic N) is 3. The van der Waals surface area contributed by atoms with Gasteiger partial charge >= 0.3 is 0 Å². The van der Waals surface area contributed by atoms with Crippen molar-refractivity contribution >= 4 is 17.5 Å². The Morgan fingerprint density at radius 2 is 2.07 bits per heavy atom. The highest BCUT2D eigenvalue weighted by molar-refractivity contribution is 6.30. The molecular weight excluding hydrogens is 366 g/mol. The summed E-state index contributed by atoms with van der Waals surface area (Å²) in [4.78, 5) is 14.8. The van der Waals surface area contributed by atoms with E-state index in [2.05, 4.69) is 24.2 Å². The molecule has 0 bridgehead atoms. The summed E-state index contributed by atoms with van der Waals surface area (Å²) in [6.45, 7) is 4.78. The molecule has 27 heavy (non-hydrogen) atoms. The van der Waals surface area contributed by atoms with Gasteiger partial charge in [-0.2, -0.15) is 0 Å². The standard InChI is InChI=1S/C20H20ClN3O3/c1-12(2)15-10-19(27-22-15)17-7-4-8-24(17)20(25)16-11-18(26-23-16)13-5-3-6-14(21)9-13/h3,5-6,9-12,17H,4,7-8H2,1-2H3. The van der Waals surface area contributed by atoms with Crippen molar-refractivity contribution in [3.05, 3.63) is 58.6 Å². The summed E-state index contributed by atoms with van der Waals surface area (Å²) < 4.78 is 10.9. The average Bonchev–Trinajstić information content (AvgIpc) is 3.40. The van der Waals surface area contributed by atoms with Crippen LogP contribution in [0.15, 0.2) is 45.4 Å². The summed E-state index contributed by atoms with van der Waals surface area (Å²) in [5.74, 6) is 1.35. The maximum Gasteiger partial charge on any atom is 0.276 e. The van der Waals surface area contributed by atoms with Crippen LogP contribution in [0.25, 0.3) is 11.3 Å². The van der Waals surface area contributed by atoms with Gasteiger partial charge in [0.1, 0.15) is 0 Å². The molecule has 2 aromatic heterocycles.